The van der Waals surface area contributed by atoms with Crippen molar-refractivity contribution in [2.75, 3.05) is 17.3 Å². The quantitative estimate of drug-likeness (QED) is 0.549. The number of benzene rings is 1. The van der Waals surface area contributed by atoms with Crippen LogP contribution in [-0.4, -0.2) is 47.2 Å². The van der Waals surface area contributed by atoms with Crippen LogP contribution >= 0.6 is 11.8 Å². The number of rotatable bonds is 8. The summed E-state index contributed by atoms with van der Waals surface area (Å²) in [5.41, 5.74) is 1.81. The molecule has 0 radical (unpaired) electrons. The van der Waals surface area contributed by atoms with E-state index in [-0.39, 0.29) is 30.0 Å². The number of aromatic nitrogens is 2. The lowest BCUT2D eigenvalue weighted by atomic mass is 10.2. The van der Waals surface area contributed by atoms with Crippen molar-refractivity contribution in [3.8, 4) is 0 Å². The van der Waals surface area contributed by atoms with Crippen molar-refractivity contribution >= 4 is 38.5 Å². The molecule has 8 heteroatoms. The number of hydrogen-bond acceptors (Lipinski definition) is 5. The molecule has 6 nitrogen and oxygen atoms in total. The minimum atomic E-state index is -3.00. The zero-order chi connectivity index (χ0) is 18.6. The van der Waals surface area contributed by atoms with Gasteiger partial charge in [0.25, 0.3) is 0 Å². The fourth-order valence-corrected chi connectivity index (χ4v) is 5.84. The fourth-order valence-electron chi connectivity index (χ4n) is 3.16. The highest BCUT2D eigenvalue weighted by molar-refractivity contribution is 7.99. The van der Waals surface area contributed by atoms with Crippen molar-refractivity contribution in [1.82, 2.24) is 14.9 Å². The molecular formula is C18H25N3O3S2. The smallest absolute Gasteiger partial charge is 0.240 e. The van der Waals surface area contributed by atoms with Crippen LogP contribution in [0.3, 0.4) is 0 Å². The number of carbonyl (C=O) groups excluding carboxylic acids is 1. The standard InChI is InChI=1S/C18H25N3O3S2/c1-2-3-6-10-25-18-20-15-7-4-5-8-16(15)21(18)12-17(22)19-14-9-11-26(23,24)13-14/h4-5,7-8,14H,2-3,6,9-13H2,1H3,(H,19,22). The molecule has 0 saturated carbocycles. The second-order valence-corrected chi connectivity index (χ2v) is 9.98. The molecular weight excluding hydrogens is 370 g/mol. The summed E-state index contributed by atoms with van der Waals surface area (Å²) in [7, 11) is -3.00. The van der Waals surface area contributed by atoms with E-state index in [1.165, 1.54) is 12.8 Å². The Bertz CT molecular complexity index is 877. The summed E-state index contributed by atoms with van der Waals surface area (Å²) in [4.78, 5) is 17.2. The molecule has 1 fully saturated rings. The third-order valence-corrected chi connectivity index (χ3v) is 7.33. The lowest BCUT2D eigenvalue weighted by molar-refractivity contribution is -0.122. The zero-order valence-electron chi connectivity index (χ0n) is 15.0. The molecule has 1 unspecified atom stereocenters. The fraction of sp³-hybridized carbons (Fsp3) is 0.556. The SMILES string of the molecule is CCCCCSc1nc2ccccc2n1CC(=O)NC1CCS(=O)(=O)C1. The van der Waals surface area contributed by atoms with Gasteiger partial charge in [0, 0.05) is 11.8 Å². The van der Waals surface area contributed by atoms with Crippen LogP contribution in [-0.2, 0) is 21.2 Å². The third-order valence-electron chi connectivity index (χ3n) is 4.50. The number of fused-ring (bicyclic) bond motifs is 1. The number of hydrogen-bond donors (Lipinski definition) is 1. The van der Waals surface area contributed by atoms with Crippen LogP contribution < -0.4 is 5.32 Å². The highest BCUT2D eigenvalue weighted by Crippen LogP contribution is 2.25. The number of nitrogens with one attached hydrogen (secondary N) is 1. The van der Waals surface area contributed by atoms with Gasteiger partial charge in [-0.1, -0.05) is 43.7 Å². The lowest BCUT2D eigenvalue weighted by Crippen LogP contribution is -2.37. The largest absolute Gasteiger partial charge is 0.351 e. The summed E-state index contributed by atoms with van der Waals surface area (Å²) in [5.74, 6) is 1.01. The van der Waals surface area contributed by atoms with E-state index in [1.807, 2.05) is 28.8 Å². The number of thioether (sulfide) groups is 1. The molecule has 0 spiro atoms. The van der Waals surface area contributed by atoms with E-state index in [1.54, 1.807) is 11.8 Å². The molecule has 1 aromatic heterocycles. The third kappa shape index (κ3) is 4.79. The minimum absolute atomic E-state index is 0.0437. The summed E-state index contributed by atoms with van der Waals surface area (Å²) >= 11 is 1.67. The zero-order valence-corrected chi connectivity index (χ0v) is 16.6. The molecule has 1 aromatic carbocycles. The molecule has 1 atom stereocenters. The molecule has 142 valence electrons. The van der Waals surface area contributed by atoms with Gasteiger partial charge in [-0.3, -0.25) is 4.79 Å². The van der Waals surface area contributed by atoms with E-state index < -0.39 is 9.84 Å². The van der Waals surface area contributed by atoms with Crippen molar-refractivity contribution in [2.24, 2.45) is 0 Å². The molecule has 1 N–H and O–H groups in total. The van der Waals surface area contributed by atoms with Gasteiger partial charge in [-0.2, -0.15) is 0 Å². The number of imidazole rings is 1. The summed E-state index contributed by atoms with van der Waals surface area (Å²) in [5, 5.41) is 3.71. The van der Waals surface area contributed by atoms with Gasteiger partial charge in [-0.15, -0.1) is 0 Å². The second kappa shape index (κ2) is 8.43. The first-order valence-electron chi connectivity index (χ1n) is 9.06. The van der Waals surface area contributed by atoms with Crippen LogP contribution in [0.15, 0.2) is 29.4 Å². The number of amides is 1. The Labute approximate surface area is 158 Å². The van der Waals surface area contributed by atoms with Crippen molar-refractivity contribution in [3.63, 3.8) is 0 Å². The van der Waals surface area contributed by atoms with Crippen LogP contribution in [0, 0.1) is 0 Å². The highest BCUT2D eigenvalue weighted by atomic mass is 32.2. The Balaban J connectivity index is 1.71. The topological polar surface area (TPSA) is 81.1 Å². The molecule has 2 heterocycles. The van der Waals surface area contributed by atoms with E-state index in [0.29, 0.717) is 6.42 Å². The first kappa shape index (κ1) is 19.2. The maximum atomic E-state index is 12.5. The Hall–Kier alpha value is -1.54. The number of para-hydroxylation sites is 2. The second-order valence-electron chi connectivity index (χ2n) is 6.69. The maximum absolute atomic E-state index is 12.5. The predicted molar refractivity (Wildman–Crippen MR) is 105 cm³/mol. The van der Waals surface area contributed by atoms with E-state index >= 15 is 0 Å². The predicted octanol–water partition coefficient (Wildman–Crippen LogP) is 2.62. The van der Waals surface area contributed by atoms with Gasteiger partial charge in [-0.25, -0.2) is 13.4 Å². The van der Waals surface area contributed by atoms with Crippen molar-refractivity contribution in [2.45, 2.75) is 50.4 Å². The number of nitrogens with zero attached hydrogens (tertiary/aromatic N) is 2. The van der Waals surface area contributed by atoms with Crippen LogP contribution in [0.1, 0.15) is 32.6 Å². The number of carbonyl (C=O) groups is 1. The van der Waals surface area contributed by atoms with E-state index in [4.69, 9.17) is 0 Å². The molecule has 1 aliphatic rings. The summed E-state index contributed by atoms with van der Waals surface area (Å²) < 4.78 is 25.1. The van der Waals surface area contributed by atoms with Crippen LogP contribution in [0.25, 0.3) is 11.0 Å². The first-order chi connectivity index (χ1) is 12.5. The first-order valence-corrected chi connectivity index (χ1v) is 11.9. The lowest BCUT2D eigenvalue weighted by Gasteiger charge is -2.13. The van der Waals surface area contributed by atoms with Gasteiger partial charge in [-0.05, 0) is 25.0 Å². The van der Waals surface area contributed by atoms with Gasteiger partial charge in [0.15, 0.2) is 15.0 Å². The van der Waals surface area contributed by atoms with Gasteiger partial charge in [0.1, 0.15) is 6.54 Å². The molecule has 1 aliphatic heterocycles. The minimum Gasteiger partial charge on any atom is -0.351 e. The van der Waals surface area contributed by atoms with Gasteiger partial charge in [0.2, 0.25) is 5.91 Å². The average molecular weight is 396 g/mol. The number of unbranched alkanes of at least 4 members (excludes halogenated alkanes) is 2. The highest BCUT2D eigenvalue weighted by Gasteiger charge is 2.29. The summed E-state index contributed by atoms with van der Waals surface area (Å²) in [6.45, 7) is 2.33. The Morgan fingerprint density at radius 1 is 1.35 bits per heavy atom. The van der Waals surface area contributed by atoms with Crippen molar-refractivity contribution in [3.05, 3.63) is 24.3 Å². The van der Waals surface area contributed by atoms with Gasteiger partial charge < -0.3 is 9.88 Å². The van der Waals surface area contributed by atoms with E-state index in [0.717, 1.165) is 28.4 Å². The molecule has 3 rings (SSSR count). The molecule has 26 heavy (non-hydrogen) atoms. The Morgan fingerprint density at radius 3 is 2.88 bits per heavy atom. The molecule has 0 aliphatic carbocycles. The summed E-state index contributed by atoms with van der Waals surface area (Å²) in [6.07, 6.45) is 3.97. The van der Waals surface area contributed by atoms with Gasteiger partial charge in [0.05, 0.1) is 22.5 Å². The average Bonchev–Trinajstić information content (AvgIpc) is 3.11. The Morgan fingerprint density at radius 2 is 2.15 bits per heavy atom. The normalized spacial score (nSPS) is 19.0. The van der Waals surface area contributed by atoms with E-state index in [9.17, 15) is 13.2 Å². The summed E-state index contributed by atoms with van der Waals surface area (Å²) in [6, 6.07) is 7.51. The maximum Gasteiger partial charge on any atom is 0.240 e. The van der Waals surface area contributed by atoms with Crippen LogP contribution in [0.5, 0.6) is 0 Å². The number of sulfone groups is 1. The van der Waals surface area contributed by atoms with Crippen LogP contribution in [0.4, 0.5) is 0 Å². The van der Waals surface area contributed by atoms with Crippen molar-refractivity contribution < 1.29 is 13.2 Å². The monoisotopic (exact) mass is 395 g/mol. The Kier molecular flexibility index (Phi) is 6.24. The van der Waals surface area contributed by atoms with Gasteiger partial charge >= 0.3 is 0 Å². The van der Waals surface area contributed by atoms with Crippen LogP contribution in [0.2, 0.25) is 0 Å². The molecule has 1 amide bonds. The molecule has 2 aromatic rings. The van der Waals surface area contributed by atoms with E-state index in [2.05, 4.69) is 17.2 Å². The molecule has 0 bridgehead atoms. The van der Waals surface area contributed by atoms with Crippen molar-refractivity contribution in [1.29, 1.82) is 0 Å². The molecule has 1 saturated heterocycles.